The number of hydrogen-bond acceptors (Lipinski definition) is 5. The molecule has 0 unspecified atom stereocenters. The minimum atomic E-state index is -4.27. The molecule has 2 rings (SSSR count). The van der Waals surface area contributed by atoms with Crippen molar-refractivity contribution in [3.63, 3.8) is 0 Å². The van der Waals surface area contributed by atoms with E-state index in [-0.39, 0.29) is 18.5 Å². The molecule has 0 aromatic heterocycles. The topological polar surface area (TPSA) is 124 Å². The second-order valence-corrected chi connectivity index (χ2v) is 7.11. The molecule has 0 bridgehead atoms. The van der Waals surface area contributed by atoms with Gasteiger partial charge in [-0.1, -0.05) is 30.3 Å². The lowest BCUT2D eigenvalue weighted by atomic mass is 10.2. The van der Waals surface area contributed by atoms with Crippen molar-refractivity contribution in [1.29, 1.82) is 0 Å². The van der Waals surface area contributed by atoms with Crippen LogP contribution in [0.5, 0.6) is 0 Å². The zero-order chi connectivity index (χ0) is 18.6. The summed E-state index contributed by atoms with van der Waals surface area (Å²) in [6, 6.07) is 12.1. The molecule has 0 aliphatic heterocycles. The first-order valence-electron chi connectivity index (χ1n) is 7.35. The van der Waals surface area contributed by atoms with Crippen molar-refractivity contribution in [3.05, 3.63) is 64.2 Å². The number of para-hydroxylation sites is 1. The van der Waals surface area contributed by atoms with E-state index in [4.69, 9.17) is 5.73 Å². The number of primary amides is 1. The number of nitro groups is 1. The number of nitrogens with zero attached hydrogens (tertiary/aromatic N) is 2. The van der Waals surface area contributed by atoms with Gasteiger partial charge in [0.2, 0.25) is 5.91 Å². The Balaban J connectivity index is 2.64. The minimum absolute atomic E-state index is 0.214. The Labute approximate surface area is 145 Å². The summed E-state index contributed by atoms with van der Waals surface area (Å²) in [5, 5.41) is 11.3. The zero-order valence-electron chi connectivity index (χ0n) is 13.5. The number of hydrogen-bond donors (Lipinski definition) is 1. The Bertz CT molecular complexity index is 897. The number of carbonyl (C=O) groups excluding carboxylic acids is 1. The van der Waals surface area contributed by atoms with Gasteiger partial charge in [-0.15, -0.1) is 0 Å². The highest BCUT2D eigenvalue weighted by molar-refractivity contribution is 7.93. The fraction of sp³-hybridized carbons (Fsp3) is 0.188. The fourth-order valence-corrected chi connectivity index (χ4v) is 4.25. The molecule has 132 valence electrons. The van der Waals surface area contributed by atoms with Crippen molar-refractivity contribution in [3.8, 4) is 0 Å². The SMILES string of the molecule is Cc1cccc([N+](=O)[O-])c1S(=O)(=O)N(CCC(N)=O)c1ccccc1. The first-order chi connectivity index (χ1) is 11.7. The molecule has 9 heteroatoms. The summed E-state index contributed by atoms with van der Waals surface area (Å²) in [5.74, 6) is -0.671. The summed E-state index contributed by atoms with van der Waals surface area (Å²) in [4.78, 5) is 21.3. The van der Waals surface area contributed by atoms with E-state index in [1.54, 1.807) is 30.3 Å². The third-order valence-corrected chi connectivity index (χ3v) is 5.56. The molecule has 1 amide bonds. The number of rotatable bonds is 7. The number of carbonyl (C=O) groups is 1. The summed E-state index contributed by atoms with van der Waals surface area (Å²) < 4.78 is 27.3. The summed E-state index contributed by atoms with van der Waals surface area (Å²) in [6.45, 7) is 1.27. The van der Waals surface area contributed by atoms with Crippen molar-refractivity contribution in [2.24, 2.45) is 5.73 Å². The van der Waals surface area contributed by atoms with Crippen LogP contribution in [0.2, 0.25) is 0 Å². The maximum atomic E-state index is 13.2. The predicted octanol–water partition coefficient (Wildman–Crippen LogP) is 1.97. The first kappa shape index (κ1) is 18.4. The monoisotopic (exact) mass is 363 g/mol. The van der Waals surface area contributed by atoms with E-state index >= 15 is 0 Å². The van der Waals surface area contributed by atoms with Crippen LogP contribution in [0.3, 0.4) is 0 Å². The molecule has 0 saturated heterocycles. The largest absolute Gasteiger partial charge is 0.370 e. The Kier molecular flexibility index (Phi) is 5.38. The Morgan fingerprint density at radius 2 is 1.80 bits per heavy atom. The van der Waals surface area contributed by atoms with Gasteiger partial charge in [-0.2, -0.15) is 0 Å². The normalized spacial score (nSPS) is 11.1. The van der Waals surface area contributed by atoms with Crippen LogP contribution in [0.15, 0.2) is 53.4 Å². The highest BCUT2D eigenvalue weighted by Crippen LogP contribution is 2.32. The van der Waals surface area contributed by atoms with Gasteiger partial charge in [-0.25, -0.2) is 8.42 Å². The molecule has 25 heavy (non-hydrogen) atoms. The number of benzene rings is 2. The van der Waals surface area contributed by atoms with Crippen LogP contribution in [-0.2, 0) is 14.8 Å². The van der Waals surface area contributed by atoms with Gasteiger partial charge in [-0.3, -0.25) is 19.2 Å². The average Bonchev–Trinajstić information content (AvgIpc) is 2.55. The fourth-order valence-electron chi connectivity index (χ4n) is 2.42. The van der Waals surface area contributed by atoms with Crippen molar-refractivity contribution < 1.29 is 18.1 Å². The lowest BCUT2D eigenvalue weighted by Gasteiger charge is -2.24. The third kappa shape index (κ3) is 3.94. The van der Waals surface area contributed by atoms with Gasteiger partial charge in [0.1, 0.15) is 0 Å². The molecule has 0 atom stereocenters. The molecule has 0 aliphatic carbocycles. The molecule has 0 radical (unpaired) electrons. The average molecular weight is 363 g/mol. The number of aryl methyl sites for hydroxylation is 1. The number of amides is 1. The lowest BCUT2D eigenvalue weighted by molar-refractivity contribution is -0.387. The number of nitro benzene ring substituents is 1. The van der Waals surface area contributed by atoms with Crippen LogP contribution in [0.4, 0.5) is 11.4 Å². The maximum absolute atomic E-state index is 13.2. The van der Waals surface area contributed by atoms with Crippen LogP contribution in [0.25, 0.3) is 0 Å². The van der Waals surface area contributed by atoms with Crippen molar-refractivity contribution in [2.45, 2.75) is 18.2 Å². The molecule has 0 aliphatic rings. The molecular formula is C16H17N3O5S. The molecule has 8 nitrogen and oxygen atoms in total. The van der Waals surface area contributed by atoms with Crippen molar-refractivity contribution >= 4 is 27.3 Å². The number of nitrogens with two attached hydrogens (primary N) is 1. The molecule has 2 aromatic carbocycles. The first-order valence-corrected chi connectivity index (χ1v) is 8.79. The Morgan fingerprint density at radius 3 is 2.36 bits per heavy atom. The van der Waals surface area contributed by atoms with Crippen LogP contribution < -0.4 is 10.0 Å². The summed E-state index contributed by atoms with van der Waals surface area (Å²) in [5.41, 5.74) is 5.16. The van der Waals surface area contributed by atoms with Gasteiger partial charge in [0.05, 0.1) is 10.6 Å². The highest BCUT2D eigenvalue weighted by Gasteiger charge is 2.33. The van der Waals surface area contributed by atoms with Gasteiger partial charge < -0.3 is 5.73 Å². The summed E-state index contributed by atoms with van der Waals surface area (Å²) in [6.07, 6.45) is -0.214. The zero-order valence-corrected chi connectivity index (χ0v) is 14.3. The number of anilines is 1. The van der Waals surface area contributed by atoms with E-state index in [2.05, 4.69) is 0 Å². The van der Waals surface area contributed by atoms with Crippen LogP contribution in [-0.4, -0.2) is 25.8 Å². The van der Waals surface area contributed by atoms with E-state index in [0.29, 0.717) is 5.69 Å². The molecule has 2 N–H and O–H groups in total. The van der Waals surface area contributed by atoms with E-state index in [9.17, 15) is 23.3 Å². The highest BCUT2D eigenvalue weighted by atomic mass is 32.2. The molecular weight excluding hydrogens is 346 g/mol. The van der Waals surface area contributed by atoms with Crippen LogP contribution >= 0.6 is 0 Å². The molecule has 0 fully saturated rings. The quantitative estimate of drug-likeness (QED) is 0.595. The van der Waals surface area contributed by atoms with Crippen molar-refractivity contribution in [1.82, 2.24) is 0 Å². The summed E-state index contributed by atoms with van der Waals surface area (Å²) >= 11 is 0. The van der Waals surface area contributed by atoms with Crippen molar-refractivity contribution in [2.75, 3.05) is 10.8 Å². The second-order valence-electron chi connectivity index (χ2n) is 5.31. The van der Waals surface area contributed by atoms with Crippen LogP contribution in [0.1, 0.15) is 12.0 Å². The van der Waals surface area contributed by atoms with E-state index in [0.717, 1.165) is 10.4 Å². The Hall–Kier alpha value is -2.94. The third-order valence-electron chi connectivity index (χ3n) is 3.54. The molecule has 2 aromatic rings. The lowest BCUT2D eigenvalue weighted by Crippen LogP contribution is -2.34. The van der Waals surface area contributed by atoms with Gasteiger partial charge >= 0.3 is 0 Å². The minimum Gasteiger partial charge on any atom is -0.370 e. The van der Waals surface area contributed by atoms with E-state index in [1.165, 1.54) is 19.1 Å². The van der Waals surface area contributed by atoms with Gasteiger partial charge in [0.25, 0.3) is 15.7 Å². The predicted molar refractivity (Wildman–Crippen MR) is 92.6 cm³/mol. The molecule has 0 saturated carbocycles. The Morgan fingerprint density at radius 1 is 1.16 bits per heavy atom. The van der Waals surface area contributed by atoms with Crippen LogP contribution in [0, 0.1) is 17.0 Å². The van der Waals surface area contributed by atoms with Gasteiger partial charge in [0, 0.05) is 19.0 Å². The van der Waals surface area contributed by atoms with Gasteiger partial charge in [-0.05, 0) is 24.6 Å². The molecule has 0 heterocycles. The second kappa shape index (κ2) is 7.31. The van der Waals surface area contributed by atoms with E-state index in [1.807, 2.05) is 0 Å². The maximum Gasteiger partial charge on any atom is 0.290 e. The smallest absolute Gasteiger partial charge is 0.290 e. The summed E-state index contributed by atoms with van der Waals surface area (Å²) in [7, 11) is -4.27. The number of sulfonamides is 1. The van der Waals surface area contributed by atoms with Gasteiger partial charge in [0.15, 0.2) is 4.90 Å². The van der Waals surface area contributed by atoms with E-state index < -0.39 is 31.4 Å². The molecule has 0 spiro atoms. The standard InChI is InChI=1S/C16H17N3O5S/c1-12-6-5-9-14(19(21)22)16(12)25(23,24)18(11-10-15(17)20)13-7-3-2-4-8-13/h2-9H,10-11H2,1H3,(H2,17,20).